The number of ether oxygens (including phenoxy) is 1. The molecule has 1 aromatic rings. The summed E-state index contributed by atoms with van der Waals surface area (Å²) in [4.78, 5) is 50.4. The van der Waals surface area contributed by atoms with Crippen LogP contribution in [0.15, 0.2) is 36.0 Å². The molecule has 216 valence electrons. The van der Waals surface area contributed by atoms with Gasteiger partial charge in [-0.3, -0.25) is 19.4 Å². The molecule has 1 N–H and O–H groups in total. The van der Waals surface area contributed by atoms with Crippen LogP contribution in [-0.2, 0) is 14.3 Å². The molecule has 0 saturated carbocycles. The van der Waals surface area contributed by atoms with Gasteiger partial charge in [0.15, 0.2) is 0 Å². The van der Waals surface area contributed by atoms with Crippen LogP contribution < -0.4 is 5.32 Å². The van der Waals surface area contributed by atoms with E-state index in [1.807, 2.05) is 0 Å². The van der Waals surface area contributed by atoms with Crippen LogP contribution in [0, 0.1) is 0 Å². The molecule has 8 nitrogen and oxygen atoms in total. The van der Waals surface area contributed by atoms with E-state index in [4.69, 9.17) is 4.74 Å². The van der Waals surface area contributed by atoms with Crippen LogP contribution in [-0.4, -0.2) is 54.3 Å². The molecular weight excluding hydrogens is 494 g/mol. The zero-order valence-electron chi connectivity index (χ0n) is 24.1. The number of unbranched alkanes of at least 4 members (excludes halogenated alkanes) is 14. The monoisotopic (exact) mass is 541 g/mol. The highest BCUT2D eigenvalue weighted by Gasteiger charge is 2.37. The highest BCUT2D eigenvalue weighted by Crippen LogP contribution is 2.17. The first-order valence-electron chi connectivity index (χ1n) is 14.7. The molecule has 1 aliphatic heterocycles. The van der Waals surface area contributed by atoms with Crippen molar-refractivity contribution < 1.29 is 23.9 Å². The van der Waals surface area contributed by atoms with Crippen molar-refractivity contribution in [2.75, 3.05) is 26.0 Å². The highest BCUT2D eigenvalue weighted by molar-refractivity contribution is 6.28. The Bertz CT molecular complexity index is 931. The molecule has 39 heavy (non-hydrogen) atoms. The minimum Gasteiger partial charge on any atom is -0.462 e. The number of amides is 4. The van der Waals surface area contributed by atoms with Crippen LogP contribution in [0.3, 0.4) is 0 Å². The molecule has 1 fully saturated rings. The standard InChI is InChI=1S/C31H47N3O5/c1-4-5-6-7-8-9-10-11-12-13-14-15-16-17-18-23-39-30(37)25-19-21-26(22-20-25)32-24-27-28(35)33(2)31(38)34(3)29(27)36/h19-22,24,32H,4-18,23H2,1-3H3. The molecule has 8 heteroatoms. The summed E-state index contributed by atoms with van der Waals surface area (Å²) in [6.45, 7) is 2.67. The molecule has 0 atom stereocenters. The molecule has 1 aromatic carbocycles. The van der Waals surface area contributed by atoms with Crippen molar-refractivity contribution in [2.24, 2.45) is 0 Å². The van der Waals surface area contributed by atoms with E-state index in [2.05, 4.69) is 12.2 Å². The number of barbiturate groups is 1. The molecule has 0 unspecified atom stereocenters. The lowest BCUT2D eigenvalue weighted by atomic mass is 10.0. The zero-order valence-corrected chi connectivity index (χ0v) is 24.1. The number of nitrogens with one attached hydrogen (secondary N) is 1. The fraction of sp³-hybridized carbons (Fsp3) is 0.613. The molecule has 0 radical (unpaired) electrons. The Labute approximate surface area is 234 Å². The number of nitrogens with zero attached hydrogens (tertiary/aromatic N) is 2. The van der Waals surface area contributed by atoms with Crippen LogP contribution in [0.1, 0.15) is 114 Å². The predicted molar refractivity (Wildman–Crippen MR) is 154 cm³/mol. The smallest absolute Gasteiger partial charge is 0.338 e. The van der Waals surface area contributed by atoms with Crippen LogP contribution in [0.25, 0.3) is 0 Å². The number of esters is 1. The quantitative estimate of drug-likeness (QED) is 0.0872. The van der Waals surface area contributed by atoms with Crippen LogP contribution in [0.5, 0.6) is 0 Å². The van der Waals surface area contributed by atoms with Gasteiger partial charge in [-0.1, -0.05) is 96.8 Å². The van der Waals surface area contributed by atoms with Crippen molar-refractivity contribution >= 4 is 29.5 Å². The summed E-state index contributed by atoms with van der Waals surface area (Å²) >= 11 is 0. The van der Waals surface area contributed by atoms with Crippen molar-refractivity contribution in [1.29, 1.82) is 0 Å². The summed E-state index contributed by atoms with van der Waals surface area (Å²) in [6.07, 6.45) is 20.7. The average molecular weight is 542 g/mol. The lowest BCUT2D eigenvalue weighted by Gasteiger charge is -2.28. The number of rotatable bonds is 19. The largest absolute Gasteiger partial charge is 0.462 e. The van der Waals surface area contributed by atoms with E-state index in [9.17, 15) is 19.2 Å². The van der Waals surface area contributed by atoms with Crippen LogP contribution in [0.2, 0.25) is 0 Å². The summed E-state index contributed by atoms with van der Waals surface area (Å²) in [7, 11) is 2.64. The maximum Gasteiger partial charge on any atom is 0.338 e. The van der Waals surface area contributed by atoms with E-state index < -0.39 is 17.8 Å². The number of carbonyl (C=O) groups is 4. The Morgan fingerprint density at radius 1 is 0.718 bits per heavy atom. The number of imide groups is 2. The van der Waals surface area contributed by atoms with Gasteiger partial charge in [0.05, 0.1) is 12.2 Å². The second kappa shape index (κ2) is 18.2. The van der Waals surface area contributed by atoms with E-state index in [0.29, 0.717) is 17.9 Å². The van der Waals surface area contributed by atoms with Crippen molar-refractivity contribution in [3.63, 3.8) is 0 Å². The Hall–Kier alpha value is -3.16. The number of hydrogen-bond acceptors (Lipinski definition) is 6. The lowest BCUT2D eigenvalue weighted by molar-refractivity contribution is -0.134. The van der Waals surface area contributed by atoms with E-state index in [1.54, 1.807) is 24.3 Å². The third-order valence-electron chi connectivity index (χ3n) is 7.13. The predicted octanol–water partition coefficient (Wildman–Crippen LogP) is 7.06. The fourth-order valence-corrected chi connectivity index (χ4v) is 4.55. The van der Waals surface area contributed by atoms with Crippen LogP contribution in [0.4, 0.5) is 10.5 Å². The topological polar surface area (TPSA) is 96.0 Å². The van der Waals surface area contributed by atoms with Gasteiger partial charge in [-0.05, 0) is 30.7 Å². The first-order chi connectivity index (χ1) is 18.9. The second-order valence-corrected chi connectivity index (χ2v) is 10.4. The summed E-state index contributed by atoms with van der Waals surface area (Å²) < 4.78 is 5.39. The summed E-state index contributed by atoms with van der Waals surface area (Å²) in [5.41, 5.74) is 0.875. The van der Waals surface area contributed by atoms with Gasteiger partial charge < -0.3 is 10.1 Å². The summed E-state index contributed by atoms with van der Waals surface area (Å²) in [6, 6.07) is 5.91. The molecule has 0 aromatic heterocycles. The van der Waals surface area contributed by atoms with Gasteiger partial charge in [0, 0.05) is 26.0 Å². The average Bonchev–Trinajstić information content (AvgIpc) is 2.95. The third kappa shape index (κ3) is 11.2. The maximum atomic E-state index is 12.3. The molecule has 0 spiro atoms. The highest BCUT2D eigenvalue weighted by atomic mass is 16.5. The normalized spacial score (nSPS) is 13.7. The number of anilines is 1. The summed E-state index contributed by atoms with van der Waals surface area (Å²) in [5, 5.41) is 2.88. The number of likely N-dealkylation sites (N-methyl/N-ethyl adjacent to an activating group) is 2. The van der Waals surface area contributed by atoms with Gasteiger partial charge >= 0.3 is 12.0 Å². The Balaban J connectivity index is 1.54. The lowest BCUT2D eigenvalue weighted by Crippen LogP contribution is -2.53. The van der Waals surface area contributed by atoms with Gasteiger partial charge in [-0.15, -0.1) is 0 Å². The molecule has 1 aliphatic rings. The third-order valence-corrected chi connectivity index (χ3v) is 7.13. The second-order valence-electron chi connectivity index (χ2n) is 10.4. The van der Waals surface area contributed by atoms with E-state index in [-0.39, 0.29) is 11.5 Å². The SMILES string of the molecule is CCCCCCCCCCCCCCCCCOC(=O)c1ccc(NC=C2C(=O)N(C)C(=O)N(C)C2=O)cc1. The molecule has 0 bridgehead atoms. The van der Waals surface area contributed by atoms with E-state index >= 15 is 0 Å². The maximum absolute atomic E-state index is 12.3. The van der Waals surface area contributed by atoms with Gasteiger partial charge in [0.25, 0.3) is 11.8 Å². The van der Waals surface area contributed by atoms with Gasteiger partial charge in [0.1, 0.15) is 5.57 Å². The van der Waals surface area contributed by atoms with E-state index in [1.165, 1.54) is 104 Å². The van der Waals surface area contributed by atoms with Gasteiger partial charge in [0.2, 0.25) is 0 Å². The van der Waals surface area contributed by atoms with E-state index in [0.717, 1.165) is 22.6 Å². The van der Waals surface area contributed by atoms with Crippen LogP contribution >= 0.6 is 0 Å². The Kier molecular flexibility index (Phi) is 14.9. The molecule has 1 heterocycles. The van der Waals surface area contributed by atoms with Crippen molar-refractivity contribution in [3.05, 3.63) is 41.6 Å². The number of carbonyl (C=O) groups excluding carboxylic acids is 4. The van der Waals surface area contributed by atoms with Crippen molar-refractivity contribution in [2.45, 2.75) is 103 Å². The number of urea groups is 1. The number of hydrogen-bond donors (Lipinski definition) is 1. The van der Waals surface area contributed by atoms with Crippen molar-refractivity contribution in [3.8, 4) is 0 Å². The minimum absolute atomic E-state index is 0.147. The number of benzene rings is 1. The zero-order chi connectivity index (χ0) is 28.5. The first kappa shape index (κ1) is 32.1. The van der Waals surface area contributed by atoms with Crippen molar-refractivity contribution in [1.82, 2.24) is 9.80 Å². The molecular formula is C31H47N3O5. The fourth-order valence-electron chi connectivity index (χ4n) is 4.55. The molecule has 4 amide bonds. The van der Waals surface area contributed by atoms with Gasteiger partial charge in [-0.25, -0.2) is 9.59 Å². The molecule has 1 saturated heterocycles. The first-order valence-corrected chi connectivity index (χ1v) is 14.7. The summed E-state index contributed by atoms with van der Waals surface area (Å²) in [5.74, 6) is -1.71. The minimum atomic E-state index is -0.672. The molecule has 2 rings (SSSR count). The van der Waals surface area contributed by atoms with Gasteiger partial charge in [-0.2, -0.15) is 0 Å². The Morgan fingerprint density at radius 3 is 1.62 bits per heavy atom. The Morgan fingerprint density at radius 2 is 1.15 bits per heavy atom. The molecule has 0 aliphatic carbocycles.